The predicted octanol–water partition coefficient (Wildman–Crippen LogP) is 1.63. The molecule has 2 heteroatoms. The molecule has 1 rings (SSSR count). The van der Waals surface area contributed by atoms with Gasteiger partial charge in [-0.1, -0.05) is 13.3 Å². The lowest BCUT2D eigenvalue weighted by Crippen LogP contribution is -2.37. The van der Waals surface area contributed by atoms with E-state index < -0.39 is 0 Å². The van der Waals surface area contributed by atoms with Crippen LogP contribution in [0.1, 0.15) is 39.0 Å². The zero-order valence-corrected chi connectivity index (χ0v) is 8.29. The minimum absolute atomic E-state index is 0.0631. The predicted molar refractivity (Wildman–Crippen MR) is 51.2 cm³/mol. The molecular formula is C10H21NO. The highest BCUT2D eigenvalue weighted by atomic mass is 16.3. The lowest BCUT2D eigenvalue weighted by atomic mass is 10.2. The summed E-state index contributed by atoms with van der Waals surface area (Å²) < 4.78 is 0. The molecule has 0 saturated heterocycles. The molecule has 0 bridgehead atoms. The number of nitrogens with zero attached hydrogens (tertiary/aromatic N) is 1. The van der Waals surface area contributed by atoms with Gasteiger partial charge in [-0.2, -0.15) is 0 Å². The van der Waals surface area contributed by atoms with Gasteiger partial charge in [-0.05, 0) is 39.3 Å². The van der Waals surface area contributed by atoms with Gasteiger partial charge in [-0.15, -0.1) is 0 Å². The molecule has 0 aromatic carbocycles. The number of rotatable bonds is 4. The van der Waals surface area contributed by atoms with Crippen LogP contribution < -0.4 is 0 Å². The zero-order chi connectivity index (χ0) is 8.97. The maximum Gasteiger partial charge on any atom is 0.0695 e. The zero-order valence-electron chi connectivity index (χ0n) is 8.29. The van der Waals surface area contributed by atoms with Crippen molar-refractivity contribution in [3.63, 3.8) is 0 Å². The minimum Gasteiger partial charge on any atom is -0.391 e. The topological polar surface area (TPSA) is 23.5 Å². The summed E-state index contributed by atoms with van der Waals surface area (Å²) in [5, 5.41) is 9.62. The van der Waals surface area contributed by atoms with Gasteiger partial charge in [0.15, 0.2) is 0 Å². The highest BCUT2D eigenvalue weighted by Gasteiger charge is 2.27. The Kier molecular flexibility index (Phi) is 4.02. The lowest BCUT2D eigenvalue weighted by Gasteiger charge is -2.26. The Morgan fingerprint density at radius 2 is 2.17 bits per heavy atom. The number of unbranched alkanes of at least 4 members (excludes halogenated alkanes) is 1. The van der Waals surface area contributed by atoms with Crippen LogP contribution in [0.2, 0.25) is 0 Å². The van der Waals surface area contributed by atoms with Gasteiger partial charge >= 0.3 is 0 Å². The van der Waals surface area contributed by atoms with Gasteiger partial charge in [-0.25, -0.2) is 0 Å². The number of hydrogen-bond acceptors (Lipinski definition) is 2. The van der Waals surface area contributed by atoms with E-state index in [1.165, 1.54) is 25.7 Å². The molecule has 2 nitrogen and oxygen atoms in total. The van der Waals surface area contributed by atoms with E-state index in [2.05, 4.69) is 18.9 Å². The van der Waals surface area contributed by atoms with Crippen LogP contribution in [0.25, 0.3) is 0 Å². The Labute approximate surface area is 75.6 Å². The second kappa shape index (κ2) is 4.83. The van der Waals surface area contributed by atoms with Crippen LogP contribution in [0.15, 0.2) is 0 Å². The van der Waals surface area contributed by atoms with Crippen LogP contribution >= 0.6 is 0 Å². The van der Waals surface area contributed by atoms with E-state index in [1.807, 2.05) is 0 Å². The van der Waals surface area contributed by atoms with E-state index in [4.69, 9.17) is 0 Å². The molecule has 0 radical (unpaired) electrons. The Balaban J connectivity index is 2.25. The van der Waals surface area contributed by atoms with E-state index in [0.717, 1.165) is 13.0 Å². The summed E-state index contributed by atoms with van der Waals surface area (Å²) in [5.74, 6) is 0. The summed E-state index contributed by atoms with van der Waals surface area (Å²) in [6.07, 6.45) is 5.81. The normalized spacial score (nSPS) is 30.0. The first-order valence-electron chi connectivity index (χ1n) is 5.14. The van der Waals surface area contributed by atoms with E-state index in [1.54, 1.807) is 0 Å². The summed E-state index contributed by atoms with van der Waals surface area (Å²) in [6, 6.07) is 0.441. The molecule has 0 aromatic heterocycles. The van der Waals surface area contributed by atoms with Crippen molar-refractivity contribution < 1.29 is 5.11 Å². The number of aliphatic hydroxyl groups is 1. The third-order valence-corrected chi connectivity index (χ3v) is 2.87. The van der Waals surface area contributed by atoms with Crippen LogP contribution in [-0.2, 0) is 0 Å². The average molecular weight is 171 g/mol. The van der Waals surface area contributed by atoms with Gasteiger partial charge in [0, 0.05) is 6.04 Å². The van der Waals surface area contributed by atoms with Crippen molar-refractivity contribution in [2.24, 2.45) is 0 Å². The maximum atomic E-state index is 9.62. The SMILES string of the molecule is CCCCN(C)[C@H]1CCC[C@@H]1O. The van der Waals surface area contributed by atoms with Crippen molar-refractivity contribution in [2.45, 2.75) is 51.2 Å². The average Bonchev–Trinajstić information content (AvgIpc) is 2.47. The van der Waals surface area contributed by atoms with Gasteiger partial charge in [-0.3, -0.25) is 0 Å². The third-order valence-electron chi connectivity index (χ3n) is 2.87. The molecule has 0 aliphatic heterocycles. The Hall–Kier alpha value is -0.0800. The minimum atomic E-state index is -0.0631. The second-order valence-electron chi connectivity index (χ2n) is 3.90. The first-order valence-corrected chi connectivity index (χ1v) is 5.14. The number of aliphatic hydroxyl groups excluding tert-OH is 1. The molecule has 12 heavy (non-hydrogen) atoms. The maximum absolute atomic E-state index is 9.62. The fourth-order valence-electron chi connectivity index (χ4n) is 2.01. The molecule has 2 atom stereocenters. The van der Waals surface area contributed by atoms with Crippen LogP contribution in [0.3, 0.4) is 0 Å². The first-order chi connectivity index (χ1) is 5.75. The van der Waals surface area contributed by atoms with Crippen molar-refractivity contribution in [1.29, 1.82) is 0 Å². The molecule has 1 fully saturated rings. The summed E-state index contributed by atoms with van der Waals surface area (Å²) in [4.78, 5) is 2.32. The molecule has 0 unspecified atom stereocenters. The Morgan fingerprint density at radius 3 is 2.67 bits per heavy atom. The molecule has 0 heterocycles. The fraction of sp³-hybridized carbons (Fsp3) is 1.00. The highest BCUT2D eigenvalue weighted by Crippen LogP contribution is 2.23. The Bertz CT molecular complexity index is 127. The fourth-order valence-corrected chi connectivity index (χ4v) is 2.01. The molecular weight excluding hydrogens is 150 g/mol. The molecule has 0 aromatic rings. The van der Waals surface area contributed by atoms with E-state index in [9.17, 15) is 5.11 Å². The van der Waals surface area contributed by atoms with E-state index in [0.29, 0.717) is 6.04 Å². The molecule has 1 aliphatic rings. The van der Waals surface area contributed by atoms with Crippen molar-refractivity contribution in [3.05, 3.63) is 0 Å². The summed E-state index contributed by atoms with van der Waals surface area (Å²) in [5.41, 5.74) is 0. The summed E-state index contributed by atoms with van der Waals surface area (Å²) in [6.45, 7) is 3.34. The van der Waals surface area contributed by atoms with Gasteiger partial charge in [0.1, 0.15) is 0 Å². The lowest BCUT2D eigenvalue weighted by molar-refractivity contribution is 0.0856. The van der Waals surface area contributed by atoms with Gasteiger partial charge in [0.2, 0.25) is 0 Å². The van der Waals surface area contributed by atoms with Gasteiger partial charge < -0.3 is 10.0 Å². The highest BCUT2D eigenvalue weighted by molar-refractivity contribution is 4.83. The van der Waals surface area contributed by atoms with Crippen molar-refractivity contribution in [3.8, 4) is 0 Å². The monoisotopic (exact) mass is 171 g/mol. The number of likely N-dealkylation sites (N-methyl/N-ethyl adjacent to an activating group) is 1. The van der Waals surface area contributed by atoms with Crippen molar-refractivity contribution >= 4 is 0 Å². The molecule has 1 aliphatic carbocycles. The largest absolute Gasteiger partial charge is 0.391 e. The third kappa shape index (κ3) is 2.46. The van der Waals surface area contributed by atoms with E-state index in [-0.39, 0.29) is 6.10 Å². The molecule has 1 N–H and O–H groups in total. The molecule has 0 amide bonds. The van der Waals surface area contributed by atoms with Crippen LogP contribution in [-0.4, -0.2) is 35.7 Å². The number of hydrogen-bond donors (Lipinski definition) is 1. The van der Waals surface area contributed by atoms with Crippen molar-refractivity contribution in [1.82, 2.24) is 4.90 Å². The van der Waals surface area contributed by atoms with Crippen LogP contribution in [0.5, 0.6) is 0 Å². The second-order valence-corrected chi connectivity index (χ2v) is 3.90. The van der Waals surface area contributed by atoms with E-state index >= 15 is 0 Å². The van der Waals surface area contributed by atoms with Gasteiger partial charge in [0.25, 0.3) is 0 Å². The smallest absolute Gasteiger partial charge is 0.0695 e. The molecule has 1 saturated carbocycles. The summed E-state index contributed by atoms with van der Waals surface area (Å²) >= 11 is 0. The summed E-state index contributed by atoms with van der Waals surface area (Å²) in [7, 11) is 2.13. The van der Waals surface area contributed by atoms with Crippen LogP contribution in [0, 0.1) is 0 Å². The quantitative estimate of drug-likeness (QED) is 0.695. The standard InChI is InChI=1S/C10H21NO/c1-3-4-8-11(2)9-6-5-7-10(9)12/h9-10,12H,3-8H2,1-2H3/t9-,10-/m0/s1. The molecule has 72 valence electrons. The first kappa shape index (κ1) is 10.0. The van der Waals surface area contributed by atoms with Crippen molar-refractivity contribution in [2.75, 3.05) is 13.6 Å². The Morgan fingerprint density at radius 1 is 1.42 bits per heavy atom. The van der Waals surface area contributed by atoms with Gasteiger partial charge in [0.05, 0.1) is 6.10 Å². The van der Waals surface area contributed by atoms with Crippen LogP contribution in [0.4, 0.5) is 0 Å². The molecule has 0 spiro atoms.